The molecule has 0 bridgehead atoms. The fraction of sp³-hybridized carbons (Fsp3) is 0.409. The van der Waals surface area contributed by atoms with E-state index in [1.807, 2.05) is 0 Å². The standard InChI is InChI=1S/C22H29FN4O2S/c1-18-6-5-7-19(16-18)17-26-11-13-27(14-12-26)22(24-2)25-10-15-30(28,29)21-9-4-3-8-20(21)23/h3-9,16H,10-15,17H2,1-2H3,(H,24,25). The number of hydrogen-bond donors (Lipinski definition) is 1. The summed E-state index contributed by atoms with van der Waals surface area (Å²) in [4.78, 5) is 8.56. The van der Waals surface area contributed by atoms with Crippen LogP contribution in [0.1, 0.15) is 11.1 Å². The van der Waals surface area contributed by atoms with Crippen molar-refractivity contribution in [3.8, 4) is 0 Å². The van der Waals surface area contributed by atoms with E-state index in [-0.39, 0.29) is 17.2 Å². The second-order valence-electron chi connectivity index (χ2n) is 7.48. The van der Waals surface area contributed by atoms with Gasteiger partial charge in [0.15, 0.2) is 15.8 Å². The molecule has 0 aromatic heterocycles. The lowest BCUT2D eigenvalue weighted by Gasteiger charge is -2.36. The van der Waals surface area contributed by atoms with Crippen molar-refractivity contribution in [1.82, 2.24) is 15.1 Å². The minimum Gasteiger partial charge on any atom is -0.355 e. The van der Waals surface area contributed by atoms with Gasteiger partial charge in [0, 0.05) is 46.3 Å². The number of sulfone groups is 1. The Bertz CT molecular complexity index is 986. The molecule has 2 aromatic rings. The SMILES string of the molecule is CN=C(NCCS(=O)(=O)c1ccccc1F)N1CCN(Cc2cccc(C)c2)CC1. The van der Waals surface area contributed by atoms with Crippen molar-refractivity contribution in [1.29, 1.82) is 0 Å². The summed E-state index contributed by atoms with van der Waals surface area (Å²) in [5.41, 5.74) is 2.57. The minimum atomic E-state index is -3.69. The summed E-state index contributed by atoms with van der Waals surface area (Å²) in [6.07, 6.45) is 0. The van der Waals surface area contributed by atoms with Crippen LogP contribution in [0.15, 0.2) is 58.4 Å². The van der Waals surface area contributed by atoms with E-state index in [0.29, 0.717) is 5.96 Å². The van der Waals surface area contributed by atoms with E-state index in [1.54, 1.807) is 7.05 Å². The van der Waals surface area contributed by atoms with Crippen LogP contribution in [0.2, 0.25) is 0 Å². The number of nitrogens with one attached hydrogen (secondary N) is 1. The number of piperazine rings is 1. The van der Waals surface area contributed by atoms with Gasteiger partial charge in [0.1, 0.15) is 10.7 Å². The average molecular weight is 433 g/mol. The Morgan fingerprint density at radius 2 is 1.83 bits per heavy atom. The zero-order valence-electron chi connectivity index (χ0n) is 17.5. The number of nitrogens with zero attached hydrogens (tertiary/aromatic N) is 3. The molecule has 1 heterocycles. The molecule has 30 heavy (non-hydrogen) atoms. The Morgan fingerprint density at radius 1 is 1.10 bits per heavy atom. The number of guanidine groups is 1. The highest BCUT2D eigenvalue weighted by atomic mass is 32.2. The zero-order valence-corrected chi connectivity index (χ0v) is 18.3. The van der Waals surface area contributed by atoms with E-state index in [2.05, 4.69) is 51.3 Å². The van der Waals surface area contributed by atoms with Gasteiger partial charge < -0.3 is 10.2 Å². The molecule has 0 spiro atoms. The Morgan fingerprint density at radius 3 is 2.50 bits per heavy atom. The molecule has 1 aliphatic rings. The minimum absolute atomic E-state index is 0.173. The molecular weight excluding hydrogens is 403 g/mol. The summed E-state index contributed by atoms with van der Waals surface area (Å²) in [5.74, 6) is -0.235. The average Bonchev–Trinajstić information content (AvgIpc) is 2.72. The van der Waals surface area contributed by atoms with E-state index in [0.717, 1.165) is 38.8 Å². The van der Waals surface area contributed by atoms with Gasteiger partial charge in [-0.1, -0.05) is 42.0 Å². The summed E-state index contributed by atoms with van der Waals surface area (Å²) in [6, 6.07) is 14.0. The molecule has 8 heteroatoms. The monoisotopic (exact) mass is 432 g/mol. The summed E-state index contributed by atoms with van der Waals surface area (Å²) >= 11 is 0. The second kappa shape index (κ2) is 10.0. The molecule has 0 unspecified atom stereocenters. The van der Waals surface area contributed by atoms with E-state index >= 15 is 0 Å². The highest BCUT2D eigenvalue weighted by molar-refractivity contribution is 7.91. The summed E-state index contributed by atoms with van der Waals surface area (Å²) in [5, 5.41) is 3.11. The van der Waals surface area contributed by atoms with Crippen molar-refractivity contribution < 1.29 is 12.8 Å². The molecule has 6 nitrogen and oxygen atoms in total. The maximum absolute atomic E-state index is 13.8. The first-order valence-corrected chi connectivity index (χ1v) is 11.7. The van der Waals surface area contributed by atoms with Crippen molar-refractivity contribution in [3.05, 3.63) is 65.5 Å². The maximum Gasteiger partial charge on any atom is 0.193 e. The first-order valence-electron chi connectivity index (χ1n) is 10.1. The molecule has 0 aliphatic carbocycles. The Hall–Kier alpha value is -2.45. The number of rotatable bonds is 6. The molecule has 1 fully saturated rings. The highest BCUT2D eigenvalue weighted by Crippen LogP contribution is 2.15. The lowest BCUT2D eigenvalue weighted by atomic mass is 10.1. The van der Waals surface area contributed by atoms with Crippen LogP contribution in [0.4, 0.5) is 4.39 Å². The molecule has 162 valence electrons. The normalized spacial score (nSPS) is 16.0. The van der Waals surface area contributed by atoms with Gasteiger partial charge in [-0.3, -0.25) is 9.89 Å². The van der Waals surface area contributed by atoms with Crippen molar-refractivity contribution in [2.45, 2.75) is 18.4 Å². The molecule has 0 atom stereocenters. The lowest BCUT2D eigenvalue weighted by Crippen LogP contribution is -2.52. The second-order valence-corrected chi connectivity index (χ2v) is 9.55. The maximum atomic E-state index is 13.8. The first-order chi connectivity index (χ1) is 14.4. The molecule has 3 rings (SSSR count). The summed E-state index contributed by atoms with van der Waals surface area (Å²) in [7, 11) is -2.00. The molecule has 1 N–H and O–H groups in total. The highest BCUT2D eigenvalue weighted by Gasteiger charge is 2.22. The largest absolute Gasteiger partial charge is 0.355 e. The van der Waals surface area contributed by atoms with Crippen LogP contribution in [0, 0.1) is 12.7 Å². The smallest absolute Gasteiger partial charge is 0.193 e. The molecule has 0 saturated carbocycles. The summed E-state index contributed by atoms with van der Waals surface area (Å²) in [6.45, 7) is 6.63. The lowest BCUT2D eigenvalue weighted by molar-refractivity contribution is 0.172. The molecule has 2 aromatic carbocycles. The van der Waals surface area contributed by atoms with Crippen LogP contribution in [-0.4, -0.2) is 69.7 Å². The van der Waals surface area contributed by atoms with Crippen LogP contribution < -0.4 is 5.32 Å². The molecular formula is C22H29FN4O2S. The summed E-state index contributed by atoms with van der Waals surface area (Å²) < 4.78 is 38.6. The number of aryl methyl sites for hydroxylation is 1. The van der Waals surface area contributed by atoms with E-state index in [9.17, 15) is 12.8 Å². The Balaban J connectivity index is 1.48. The van der Waals surface area contributed by atoms with Crippen molar-refractivity contribution in [2.24, 2.45) is 4.99 Å². The predicted molar refractivity (Wildman–Crippen MR) is 118 cm³/mol. The predicted octanol–water partition coefficient (Wildman–Crippen LogP) is 2.30. The fourth-order valence-corrected chi connectivity index (χ4v) is 4.86. The quantitative estimate of drug-likeness (QED) is 0.561. The molecule has 0 amide bonds. The molecule has 0 radical (unpaired) electrons. The van der Waals surface area contributed by atoms with Gasteiger partial charge in [-0.25, -0.2) is 12.8 Å². The van der Waals surface area contributed by atoms with Gasteiger partial charge in [-0.05, 0) is 24.6 Å². The third kappa shape index (κ3) is 5.79. The fourth-order valence-electron chi connectivity index (χ4n) is 3.62. The third-order valence-corrected chi connectivity index (χ3v) is 6.94. The molecule has 1 aliphatic heterocycles. The zero-order chi connectivity index (χ0) is 21.6. The van der Waals surface area contributed by atoms with E-state index < -0.39 is 15.7 Å². The Labute approximate surface area is 178 Å². The van der Waals surface area contributed by atoms with Crippen LogP contribution in [0.5, 0.6) is 0 Å². The van der Waals surface area contributed by atoms with Crippen molar-refractivity contribution in [2.75, 3.05) is 45.5 Å². The number of halogens is 1. The van der Waals surface area contributed by atoms with Crippen LogP contribution in [0.3, 0.4) is 0 Å². The number of benzene rings is 2. The van der Waals surface area contributed by atoms with E-state index in [4.69, 9.17) is 0 Å². The van der Waals surface area contributed by atoms with E-state index in [1.165, 1.54) is 29.3 Å². The van der Waals surface area contributed by atoms with Crippen LogP contribution in [-0.2, 0) is 16.4 Å². The number of aliphatic imine (C=N–C) groups is 1. The van der Waals surface area contributed by atoms with Gasteiger partial charge in [0.25, 0.3) is 0 Å². The first kappa shape index (κ1) is 22.2. The van der Waals surface area contributed by atoms with Crippen LogP contribution >= 0.6 is 0 Å². The topological polar surface area (TPSA) is 65.0 Å². The van der Waals surface area contributed by atoms with Gasteiger partial charge in [0.2, 0.25) is 0 Å². The van der Waals surface area contributed by atoms with Gasteiger partial charge in [-0.15, -0.1) is 0 Å². The Kier molecular flexibility index (Phi) is 7.44. The number of hydrogen-bond acceptors (Lipinski definition) is 4. The van der Waals surface area contributed by atoms with Gasteiger partial charge in [0.05, 0.1) is 5.75 Å². The van der Waals surface area contributed by atoms with Crippen molar-refractivity contribution >= 4 is 15.8 Å². The van der Waals surface area contributed by atoms with Crippen LogP contribution in [0.25, 0.3) is 0 Å². The van der Waals surface area contributed by atoms with Gasteiger partial charge >= 0.3 is 0 Å². The third-order valence-electron chi connectivity index (χ3n) is 5.20. The molecule has 1 saturated heterocycles. The van der Waals surface area contributed by atoms with Gasteiger partial charge in [-0.2, -0.15) is 0 Å². The van der Waals surface area contributed by atoms with Crippen molar-refractivity contribution in [3.63, 3.8) is 0 Å².